The predicted molar refractivity (Wildman–Crippen MR) is 100 cm³/mol. The van der Waals surface area contributed by atoms with Crippen LogP contribution in [0.25, 0.3) is 11.4 Å². The molecule has 0 aliphatic rings. The van der Waals surface area contributed by atoms with Crippen molar-refractivity contribution < 1.29 is 0 Å². The molecule has 130 valence electrons. The van der Waals surface area contributed by atoms with Crippen LogP contribution in [0.2, 0.25) is 0 Å². The molecule has 0 aliphatic heterocycles. The van der Waals surface area contributed by atoms with Crippen LogP contribution in [0.5, 0.6) is 0 Å². The van der Waals surface area contributed by atoms with Crippen molar-refractivity contribution in [2.24, 2.45) is 0 Å². The second-order valence-corrected chi connectivity index (χ2v) is 6.17. The second kappa shape index (κ2) is 7.33. The largest absolute Gasteiger partial charge is 0.306 e. The SMILES string of the molecule is C[C@@H](NCc1ccc(-n2ccnc2)cc1)c1ccc(-n2cncn2)cc1. The molecule has 26 heavy (non-hydrogen) atoms. The van der Waals surface area contributed by atoms with Gasteiger partial charge >= 0.3 is 0 Å². The molecule has 0 saturated heterocycles. The number of hydrogen-bond acceptors (Lipinski definition) is 4. The fraction of sp³-hybridized carbons (Fsp3) is 0.150. The molecule has 0 amide bonds. The fourth-order valence-electron chi connectivity index (χ4n) is 2.84. The standard InChI is InChI=1S/C20H20N6/c1-16(18-4-8-20(9-5-18)26-15-22-13-24-26)23-12-17-2-6-19(7-3-17)25-11-10-21-14-25/h2-11,13-16,23H,12H2,1H3/t16-/m1/s1. The Hall–Kier alpha value is -3.25. The zero-order valence-electron chi connectivity index (χ0n) is 14.5. The highest BCUT2D eigenvalue weighted by molar-refractivity contribution is 5.36. The molecule has 1 atom stereocenters. The van der Waals surface area contributed by atoms with E-state index in [0.29, 0.717) is 0 Å². The Bertz CT molecular complexity index is 925. The van der Waals surface area contributed by atoms with Crippen molar-refractivity contribution in [1.29, 1.82) is 0 Å². The quantitative estimate of drug-likeness (QED) is 0.583. The van der Waals surface area contributed by atoms with Crippen LogP contribution in [0.15, 0.2) is 79.9 Å². The Labute approximate surface area is 152 Å². The number of nitrogens with zero attached hydrogens (tertiary/aromatic N) is 5. The zero-order valence-corrected chi connectivity index (χ0v) is 14.5. The van der Waals surface area contributed by atoms with Crippen LogP contribution in [0.1, 0.15) is 24.1 Å². The smallest absolute Gasteiger partial charge is 0.138 e. The third kappa shape index (κ3) is 3.55. The van der Waals surface area contributed by atoms with Gasteiger partial charge in [0.25, 0.3) is 0 Å². The van der Waals surface area contributed by atoms with E-state index in [1.165, 1.54) is 17.5 Å². The Balaban J connectivity index is 1.37. The molecule has 0 unspecified atom stereocenters. The lowest BCUT2D eigenvalue weighted by Gasteiger charge is -2.15. The molecule has 0 aliphatic carbocycles. The highest BCUT2D eigenvalue weighted by Crippen LogP contribution is 2.16. The van der Waals surface area contributed by atoms with Gasteiger partial charge in [-0.3, -0.25) is 0 Å². The van der Waals surface area contributed by atoms with E-state index in [1.54, 1.807) is 23.5 Å². The minimum Gasteiger partial charge on any atom is -0.306 e. The summed E-state index contributed by atoms with van der Waals surface area (Å²) in [6.07, 6.45) is 8.77. The lowest BCUT2D eigenvalue weighted by Crippen LogP contribution is -2.18. The molecule has 2 aromatic carbocycles. The van der Waals surface area contributed by atoms with E-state index in [-0.39, 0.29) is 6.04 Å². The van der Waals surface area contributed by atoms with Crippen molar-refractivity contribution in [3.63, 3.8) is 0 Å². The molecular weight excluding hydrogens is 324 g/mol. The predicted octanol–water partition coefficient (Wildman–Crippen LogP) is 3.30. The summed E-state index contributed by atoms with van der Waals surface area (Å²) in [5.74, 6) is 0. The summed E-state index contributed by atoms with van der Waals surface area (Å²) >= 11 is 0. The molecule has 0 fully saturated rings. The normalized spacial score (nSPS) is 12.2. The Kier molecular flexibility index (Phi) is 4.57. The molecule has 6 nitrogen and oxygen atoms in total. The lowest BCUT2D eigenvalue weighted by atomic mass is 10.1. The van der Waals surface area contributed by atoms with Gasteiger partial charge in [-0.05, 0) is 42.3 Å². The first-order valence-electron chi connectivity index (χ1n) is 8.55. The van der Waals surface area contributed by atoms with Gasteiger partial charge in [0, 0.05) is 30.7 Å². The van der Waals surface area contributed by atoms with Crippen LogP contribution in [0.3, 0.4) is 0 Å². The summed E-state index contributed by atoms with van der Waals surface area (Å²) in [5, 5.41) is 7.72. The number of nitrogens with one attached hydrogen (secondary N) is 1. The number of imidazole rings is 1. The number of aromatic nitrogens is 5. The van der Waals surface area contributed by atoms with Crippen LogP contribution >= 0.6 is 0 Å². The average Bonchev–Trinajstić information content (AvgIpc) is 3.40. The van der Waals surface area contributed by atoms with E-state index in [9.17, 15) is 0 Å². The Morgan fingerprint density at radius 3 is 2.35 bits per heavy atom. The molecule has 4 aromatic rings. The van der Waals surface area contributed by atoms with E-state index in [4.69, 9.17) is 0 Å². The molecule has 1 N–H and O–H groups in total. The lowest BCUT2D eigenvalue weighted by molar-refractivity contribution is 0.574. The molecular formula is C20H20N6. The number of hydrogen-bond donors (Lipinski definition) is 1. The summed E-state index contributed by atoms with van der Waals surface area (Å²) in [7, 11) is 0. The minimum atomic E-state index is 0.258. The Morgan fingerprint density at radius 1 is 0.923 bits per heavy atom. The highest BCUT2D eigenvalue weighted by Gasteiger charge is 2.06. The summed E-state index contributed by atoms with van der Waals surface area (Å²) in [5.41, 5.74) is 4.61. The molecule has 2 aromatic heterocycles. The molecule has 0 bridgehead atoms. The fourth-order valence-corrected chi connectivity index (χ4v) is 2.84. The number of benzene rings is 2. The van der Waals surface area contributed by atoms with E-state index in [0.717, 1.165) is 17.9 Å². The van der Waals surface area contributed by atoms with Gasteiger partial charge in [-0.15, -0.1) is 0 Å². The van der Waals surface area contributed by atoms with Crippen LogP contribution in [0, 0.1) is 0 Å². The van der Waals surface area contributed by atoms with Gasteiger partial charge in [-0.25, -0.2) is 14.6 Å². The first-order chi connectivity index (χ1) is 12.8. The third-order valence-electron chi connectivity index (χ3n) is 4.43. The molecule has 0 radical (unpaired) electrons. The molecule has 0 saturated carbocycles. The second-order valence-electron chi connectivity index (χ2n) is 6.17. The maximum Gasteiger partial charge on any atom is 0.138 e. The van der Waals surface area contributed by atoms with Crippen molar-refractivity contribution in [2.75, 3.05) is 0 Å². The average molecular weight is 344 g/mol. The zero-order chi connectivity index (χ0) is 17.8. The van der Waals surface area contributed by atoms with E-state index >= 15 is 0 Å². The van der Waals surface area contributed by atoms with Gasteiger partial charge < -0.3 is 9.88 Å². The van der Waals surface area contributed by atoms with E-state index in [2.05, 4.69) is 75.8 Å². The maximum absolute atomic E-state index is 4.15. The van der Waals surface area contributed by atoms with Crippen molar-refractivity contribution in [3.8, 4) is 11.4 Å². The van der Waals surface area contributed by atoms with Crippen LogP contribution in [-0.4, -0.2) is 24.3 Å². The number of rotatable bonds is 6. The van der Waals surface area contributed by atoms with Crippen molar-refractivity contribution in [2.45, 2.75) is 19.5 Å². The molecule has 4 rings (SSSR count). The van der Waals surface area contributed by atoms with Crippen LogP contribution in [0.4, 0.5) is 0 Å². The minimum absolute atomic E-state index is 0.258. The summed E-state index contributed by atoms with van der Waals surface area (Å²) < 4.78 is 3.75. The van der Waals surface area contributed by atoms with E-state index in [1.807, 2.05) is 10.8 Å². The summed E-state index contributed by atoms with van der Waals surface area (Å²) in [4.78, 5) is 8.05. The topological polar surface area (TPSA) is 60.6 Å². The Morgan fingerprint density at radius 2 is 1.69 bits per heavy atom. The maximum atomic E-state index is 4.15. The van der Waals surface area contributed by atoms with Gasteiger partial charge in [0.1, 0.15) is 12.7 Å². The van der Waals surface area contributed by atoms with Crippen molar-refractivity contribution >= 4 is 0 Å². The van der Waals surface area contributed by atoms with Gasteiger partial charge in [-0.1, -0.05) is 24.3 Å². The van der Waals surface area contributed by atoms with Gasteiger partial charge in [-0.2, -0.15) is 5.10 Å². The monoisotopic (exact) mass is 344 g/mol. The molecule has 0 spiro atoms. The van der Waals surface area contributed by atoms with Gasteiger partial charge in [0.2, 0.25) is 0 Å². The van der Waals surface area contributed by atoms with Crippen LogP contribution in [-0.2, 0) is 6.54 Å². The highest BCUT2D eigenvalue weighted by atomic mass is 15.3. The first kappa shape index (κ1) is 16.2. The summed E-state index contributed by atoms with van der Waals surface area (Å²) in [6, 6.07) is 17.1. The molecule has 2 heterocycles. The summed E-state index contributed by atoms with van der Waals surface area (Å²) in [6.45, 7) is 2.99. The van der Waals surface area contributed by atoms with Crippen molar-refractivity contribution in [3.05, 3.63) is 91.0 Å². The molecule has 6 heteroatoms. The first-order valence-corrected chi connectivity index (χ1v) is 8.55. The van der Waals surface area contributed by atoms with E-state index < -0.39 is 0 Å². The van der Waals surface area contributed by atoms with Crippen molar-refractivity contribution in [1.82, 2.24) is 29.6 Å². The van der Waals surface area contributed by atoms with Crippen LogP contribution < -0.4 is 5.32 Å². The van der Waals surface area contributed by atoms with Gasteiger partial charge in [0.05, 0.1) is 12.0 Å². The third-order valence-corrected chi connectivity index (χ3v) is 4.43. The van der Waals surface area contributed by atoms with Gasteiger partial charge in [0.15, 0.2) is 0 Å².